The Hall–Kier alpha value is -2.01. The molecule has 0 aliphatic carbocycles. The number of fused-ring (bicyclic) bond motifs is 1. The number of hydrogen-bond donors (Lipinski definition) is 0. The van der Waals surface area contributed by atoms with E-state index in [9.17, 15) is 18.0 Å². The molecule has 2 rings (SSSR count). The molecule has 1 aromatic carbocycles. The Morgan fingerprint density at radius 3 is 2.74 bits per heavy atom. The lowest BCUT2D eigenvalue weighted by atomic mass is 10.1. The first-order valence-electron chi connectivity index (χ1n) is 7.00. The van der Waals surface area contributed by atoms with Crippen molar-refractivity contribution in [2.45, 2.75) is 38.2 Å². The van der Waals surface area contributed by atoms with Gasteiger partial charge in [0.25, 0.3) is 5.56 Å². The summed E-state index contributed by atoms with van der Waals surface area (Å²) >= 11 is 0.937. The Kier molecular flexibility index (Phi) is 5.31. The third kappa shape index (κ3) is 3.85. The molecule has 0 atom stereocenters. The predicted molar refractivity (Wildman–Crippen MR) is 82.8 cm³/mol. The fraction of sp³-hybridized carbons (Fsp3) is 0.400. The number of thiocyanates is 1. The highest BCUT2D eigenvalue weighted by Gasteiger charge is 2.31. The van der Waals surface area contributed by atoms with Crippen LogP contribution in [-0.2, 0) is 18.5 Å². The van der Waals surface area contributed by atoms with E-state index in [4.69, 9.17) is 5.26 Å². The summed E-state index contributed by atoms with van der Waals surface area (Å²) in [6.45, 7) is 2.32. The molecule has 0 radical (unpaired) electrons. The number of hydrogen-bond acceptors (Lipinski definition) is 4. The summed E-state index contributed by atoms with van der Waals surface area (Å²) in [5.74, 6) is 0.620. The summed E-state index contributed by atoms with van der Waals surface area (Å²) in [6.07, 6.45) is -2.97. The number of benzene rings is 1. The lowest BCUT2D eigenvalue weighted by Crippen LogP contribution is -2.25. The predicted octanol–water partition coefficient (Wildman–Crippen LogP) is 3.93. The lowest BCUT2D eigenvalue weighted by Gasteiger charge is -2.13. The number of thioether (sulfide) groups is 1. The van der Waals surface area contributed by atoms with Crippen molar-refractivity contribution in [2.24, 2.45) is 0 Å². The number of nitrogens with zero attached hydrogens (tertiary/aromatic N) is 3. The zero-order valence-electron chi connectivity index (χ0n) is 12.4. The number of halogens is 3. The van der Waals surface area contributed by atoms with Gasteiger partial charge in [0.05, 0.1) is 22.2 Å². The topological polar surface area (TPSA) is 58.7 Å². The molecule has 0 saturated heterocycles. The third-order valence-electron chi connectivity index (χ3n) is 3.36. The van der Waals surface area contributed by atoms with Gasteiger partial charge in [-0.25, -0.2) is 4.98 Å². The van der Waals surface area contributed by atoms with Gasteiger partial charge in [0.15, 0.2) is 0 Å². The summed E-state index contributed by atoms with van der Waals surface area (Å²) in [4.78, 5) is 16.8. The molecule has 4 nitrogen and oxygen atoms in total. The van der Waals surface area contributed by atoms with Gasteiger partial charge in [-0.05, 0) is 36.4 Å². The minimum atomic E-state index is -4.51. The van der Waals surface area contributed by atoms with Crippen LogP contribution < -0.4 is 5.56 Å². The Morgan fingerprint density at radius 1 is 1.39 bits per heavy atom. The maximum Gasteiger partial charge on any atom is 0.416 e. The summed E-state index contributed by atoms with van der Waals surface area (Å²) in [6, 6.07) is 2.95. The molecular formula is C15H14F3N3OS. The van der Waals surface area contributed by atoms with E-state index in [1.165, 1.54) is 10.6 Å². The molecule has 0 unspecified atom stereocenters. The second-order valence-corrected chi connectivity index (χ2v) is 5.71. The number of nitriles is 1. The van der Waals surface area contributed by atoms with E-state index in [1.54, 1.807) is 0 Å². The standard InChI is InChI=1S/C15H14F3N3OS/c1-2-3-6-21-13(8-23-9-19)20-12-5-4-10(15(16,17)18)7-11(12)14(21)22/h4-5,7H,2-3,6,8H2,1H3. The summed E-state index contributed by atoms with van der Waals surface area (Å²) < 4.78 is 39.9. The molecule has 1 aromatic heterocycles. The molecule has 0 spiro atoms. The molecule has 0 fully saturated rings. The van der Waals surface area contributed by atoms with Crippen LogP contribution >= 0.6 is 11.8 Å². The molecule has 0 saturated carbocycles. The molecule has 122 valence electrons. The largest absolute Gasteiger partial charge is 0.416 e. The van der Waals surface area contributed by atoms with Gasteiger partial charge in [0.1, 0.15) is 11.2 Å². The van der Waals surface area contributed by atoms with Crippen molar-refractivity contribution in [2.75, 3.05) is 0 Å². The van der Waals surface area contributed by atoms with Crippen LogP contribution in [0.25, 0.3) is 10.9 Å². The number of aromatic nitrogens is 2. The van der Waals surface area contributed by atoms with Gasteiger partial charge in [-0.3, -0.25) is 9.36 Å². The molecule has 0 bridgehead atoms. The monoisotopic (exact) mass is 341 g/mol. The van der Waals surface area contributed by atoms with Gasteiger partial charge in [0, 0.05) is 6.54 Å². The van der Waals surface area contributed by atoms with Crippen molar-refractivity contribution >= 4 is 22.7 Å². The highest BCUT2D eigenvalue weighted by molar-refractivity contribution is 8.02. The SMILES string of the molecule is CCCCn1c(CSC#N)nc2ccc(C(F)(F)F)cc2c1=O. The van der Waals surface area contributed by atoms with E-state index in [2.05, 4.69) is 4.98 Å². The second-order valence-electron chi connectivity index (χ2n) is 4.95. The van der Waals surface area contributed by atoms with Gasteiger partial charge in [0.2, 0.25) is 0 Å². The minimum Gasteiger partial charge on any atom is -0.295 e. The van der Waals surface area contributed by atoms with Crippen molar-refractivity contribution in [3.05, 3.63) is 39.9 Å². The molecule has 0 aliphatic heterocycles. The molecule has 0 amide bonds. The molecule has 0 N–H and O–H groups in total. The van der Waals surface area contributed by atoms with Crippen LogP contribution in [0.3, 0.4) is 0 Å². The molecule has 2 aromatic rings. The number of alkyl halides is 3. The number of rotatable bonds is 5. The van der Waals surface area contributed by atoms with Crippen LogP contribution in [-0.4, -0.2) is 9.55 Å². The fourth-order valence-corrected chi connectivity index (χ4v) is 2.61. The molecular weight excluding hydrogens is 327 g/mol. The first-order valence-corrected chi connectivity index (χ1v) is 7.98. The van der Waals surface area contributed by atoms with Gasteiger partial charge in [-0.15, -0.1) is 0 Å². The van der Waals surface area contributed by atoms with Gasteiger partial charge >= 0.3 is 6.18 Å². The Morgan fingerprint density at radius 2 is 2.13 bits per heavy atom. The normalized spacial score (nSPS) is 11.6. The van der Waals surface area contributed by atoms with Crippen LogP contribution in [0.1, 0.15) is 31.2 Å². The zero-order chi connectivity index (χ0) is 17.0. The van der Waals surface area contributed by atoms with Gasteiger partial charge in [-0.1, -0.05) is 13.3 Å². The quantitative estimate of drug-likeness (QED) is 0.773. The molecule has 8 heteroatoms. The van der Waals surface area contributed by atoms with E-state index in [1.807, 2.05) is 12.3 Å². The average Bonchev–Trinajstić information content (AvgIpc) is 2.51. The van der Waals surface area contributed by atoms with E-state index < -0.39 is 17.3 Å². The fourth-order valence-electron chi connectivity index (χ4n) is 2.20. The van der Waals surface area contributed by atoms with Crippen molar-refractivity contribution < 1.29 is 13.2 Å². The van der Waals surface area contributed by atoms with E-state index in [0.29, 0.717) is 18.8 Å². The minimum absolute atomic E-state index is 0.0540. The van der Waals surface area contributed by atoms with E-state index in [-0.39, 0.29) is 16.7 Å². The van der Waals surface area contributed by atoms with Crippen LogP contribution in [0, 0.1) is 10.7 Å². The van der Waals surface area contributed by atoms with Crippen LogP contribution in [0.2, 0.25) is 0 Å². The Balaban J connectivity index is 2.64. The highest BCUT2D eigenvalue weighted by Crippen LogP contribution is 2.30. The van der Waals surface area contributed by atoms with Crippen LogP contribution in [0.4, 0.5) is 13.2 Å². The molecule has 0 aliphatic rings. The lowest BCUT2D eigenvalue weighted by molar-refractivity contribution is -0.137. The smallest absolute Gasteiger partial charge is 0.295 e. The third-order valence-corrected chi connectivity index (χ3v) is 3.89. The van der Waals surface area contributed by atoms with Crippen molar-refractivity contribution in [1.29, 1.82) is 5.26 Å². The summed E-state index contributed by atoms with van der Waals surface area (Å²) in [7, 11) is 0. The van der Waals surface area contributed by atoms with Crippen molar-refractivity contribution in [1.82, 2.24) is 9.55 Å². The Labute approximate surface area is 134 Å². The zero-order valence-corrected chi connectivity index (χ0v) is 13.2. The second kappa shape index (κ2) is 7.04. The van der Waals surface area contributed by atoms with Gasteiger partial charge < -0.3 is 0 Å². The molecule has 23 heavy (non-hydrogen) atoms. The van der Waals surface area contributed by atoms with E-state index in [0.717, 1.165) is 30.3 Å². The first-order chi connectivity index (χ1) is 10.9. The Bertz CT molecular complexity index is 808. The number of unbranched alkanes of at least 4 members (excludes halogenated alkanes) is 1. The summed E-state index contributed by atoms with van der Waals surface area (Å²) in [5, 5.41) is 10.5. The van der Waals surface area contributed by atoms with E-state index >= 15 is 0 Å². The summed E-state index contributed by atoms with van der Waals surface area (Å²) in [5.41, 5.74) is -1.16. The maximum atomic E-state index is 12.8. The highest BCUT2D eigenvalue weighted by atomic mass is 32.2. The van der Waals surface area contributed by atoms with Crippen molar-refractivity contribution in [3.63, 3.8) is 0 Å². The van der Waals surface area contributed by atoms with Crippen molar-refractivity contribution in [3.8, 4) is 5.40 Å². The first kappa shape index (κ1) is 17.3. The maximum absolute atomic E-state index is 12.8. The van der Waals surface area contributed by atoms with Crippen LogP contribution in [0.15, 0.2) is 23.0 Å². The average molecular weight is 341 g/mol. The molecule has 1 heterocycles. The van der Waals surface area contributed by atoms with Gasteiger partial charge in [-0.2, -0.15) is 18.4 Å². The van der Waals surface area contributed by atoms with Crippen LogP contribution in [0.5, 0.6) is 0 Å².